The van der Waals surface area contributed by atoms with Crippen LogP contribution >= 0.6 is 0 Å². The zero-order chi connectivity index (χ0) is 13.1. The Morgan fingerprint density at radius 1 is 1.61 bits per heavy atom. The Hall–Kier alpha value is -2.13. The lowest BCUT2D eigenvalue weighted by molar-refractivity contribution is 0.176. The molecule has 0 bridgehead atoms. The van der Waals surface area contributed by atoms with Gasteiger partial charge in [-0.3, -0.25) is 0 Å². The number of nitrogens with zero attached hydrogens (tertiary/aromatic N) is 2. The van der Waals surface area contributed by atoms with E-state index in [0.29, 0.717) is 13.0 Å². The van der Waals surface area contributed by atoms with Gasteiger partial charge in [0.15, 0.2) is 0 Å². The second kappa shape index (κ2) is 5.02. The van der Waals surface area contributed by atoms with Gasteiger partial charge in [0.2, 0.25) is 0 Å². The van der Waals surface area contributed by atoms with E-state index < -0.39 is 18.0 Å². The molecule has 94 valence electrons. The molecule has 1 saturated heterocycles. The Morgan fingerprint density at radius 2 is 2.39 bits per heavy atom. The van der Waals surface area contributed by atoms with E-state index >= 15 is 0 Å². The maximum Gasteiger partial charge on any atom is 0.321 e. The molecule has 0 saturated carbocycles. The minimum atomic E-state index is -0.527. The number of aliphatic hydroxyl groups is 1. The standard InChI is InChI=1S/C12H12FN3O2/c13-9-1-2-11(8(5-9)6-14)15-12(18)16-4-3-10(17)7-16/h1-2,5,10,17H,3-4,7H2,(H,15,18)/t10-/m0/s1. The number of carbonyl (C=O) groups excluding carboxylic acids is 1. The lowest BCUT2D eigenvalue weighted by Gasteiger charge is -2.16. The molecule has 1 aromatic rings. The molecule has 2 amide bonds. The third kappa shape index (κ3) is 2.57. The summed E-state index contributed by atoms with van der Waals surface area (Å²) in [5, 5.41) is 20.7. The molecule has 0 radical (unpaired) electrons. The first-order valence-corrected chi connectivity index (χ1v) is 5.54. The molecule has 0 spiro atoms. The van der Waals surface area contributed by atoms with Crippen LogP contribution in [-0.2, 0) is 0 Å². The Labute approximate surface area is 103 Å². The van der Waals surface area contributed by atoms with Crippen LogP contribution in [0.25, 0.3) is 0 Å². The number of rotatable bonds is 1. The number of urea groups is 1. The number of amides is 2. The highest BCUT2D eigenvalue weighted by atomic mass is 19.1. The molecule has 0 aliphatic carbocycles. The molecule has 1 aliphatic heterocycles. The normalized spacial score (nSPS) is 18.5. The highest BCUT2D eigenvalue weighted by molar-refractivity contribution is 5.91. The first kappa shape index (κ1) is 12.3. The van der Waals surface area contributed by atoms with Gasteiger partial charge in [0.25, 0.3) is 0 Å². The predicted octanol–water partition coefficient (Wildman–Crippen LogP) is 1.30. The second-order valence-electron chi connectivity index (χ2n) is 4.12. The van der Waals surface area contributed by atoms with E-state index in [0.717, 1.165) is 6.07 Å². The molecule has 2 rings (SSSR count). The number of nitriles is 1. The van der Waals surface area contributed by atoms with Gasteiger partial charge in [0.05, 0.1) is 17.4 Å². The average molecular weight is 249 g/mol. The number of carbonyl (C=O) groups is 1. The van der Waals surface area contributed by atoms with Gasteiger partial charge in [-0.25, -0.2) is 9.18 Å². The molecule has 2 N–H and O–H groups in total. The van der Waals surface area contributed by atoms with E-state index in [1.54, 1.807) is 0 Å². The molecule has 18 heavy (non-hydrogen) atoms. The van der Waals surface area contributed by atoms with E-state index in [9.17, 15) is 14.3 Å². The van der Waals surface area contributed by atoms with Gasteiger partial charge in [0, 0.05) is 13.1 Å². The zero-order valence-corrected chi connectivity index (χ0v) is 9.56. The summed E-state index contributed by atoms with van der Waals surface area (Å²) in [6.45, 7) is 0.741. The van der Waals surface area contributed by atoms with E-state index in [-0.39, 0.29) is 17.8 Å². The third-order valence-corrected chi connectivity index (χ3v) is 2.79. The lowest BCUT2D eigenvalue weighted by Crippen LogP contribution is -2.33. The molecule has 1 aliphatic rings. The monoisotopic (exact) mass is 249 g/mol. The molecular formula is C12H12FN3O2. The number of benzene rings is 1. The summed E-state index contributed by atoms with van der Waals surface area (Å²) in [7, 11) is 0. The molecule has 5 nitrogen and oxygen atoms in total. The first-order chi connectivity index (χ1) is 8.60. The fourth-order valence-electron chi connectivity index (χ4n) is 1.84. The zero-order valence-electron chi connectivity index (χ0n) is 9.56. The summed E-state index contributed by atoms with van der Waals surface area (Å²) in [6.07, 6.45) is 0.0430. The van der Waals surface area contributed by atoms with E-state index in [1.165, 1.54) is 17.0 Å². The molecule has 0 unspecified atom stereocenters. The van der Waals surface area contributed by atoms with Crippen molar-refractivity contribution in [3.05, 3.63) is 29.6 Å². The predicted molar refractivity (Wildman–Crippen MR) is 62.3 cm³/mol. The minimum absolute atomic E-state index is 0.0723. The minimum Gasteiger partial charge on any atom is -0.391 e. The van der Waals surface area contributed by atoms with Crippen LogP contribution < -0.4 is 5.32 Å². The van der Waals surface area contributed by atoms with Gasteiger partial charge in [0.1, 0.15) is 11.9 Å². The number of anilines is 1. The van der Waals surface area contributed by atoms with Crippen molar-refractivity contribution in [3.8, 4) is 6.07 Å². The van der Waals surface area contributed by atoms with Crippen LogP contribution in [0, 0.1) is 17.1 Å². The Kier molecular flexibility index (Phi) is 3.44. The number of hydrogen-bond acceptors (Lipinski definition) is 3. The van der Waals surface area contributed by atoms with Gasteiger partial charge >= 0.3 is 6.03 Å². The highest BCUT2D eigenvalue weighted by Gasteiger charge is 2.24. The Morgan fingerprint density at radius 3 is 3.00 bits per heavy atom. The van der Waals surface area contributed by atoms with Gasteiger partial charge in [-0.2, -0.15) is 5.26 Å². The topological polar surface area (TPSA) is 76.4 Å². The number of halogens is 1. The summed E-state index contributed by atoms with van der Waals surface area (Å²) >= 11 is 0. The average Bonchev–Trinajstić information content (AvgIpc) is 2.78. The fraction of sp³-hybridized carbons (Fsp3) is 0.333. The number of aliphatic hydroxyl groups excluding tert-OH is 1. The molecule has 6 heteroatoms. The SMILES string of the molecule is N#Cc1cc(F)ccc1NC(=O)N1CC[C@H](O)C1. The number of β-amino-alcohol motifs (C(OH)–C–C–N with tert-alkyl or cyclic N) is 1. The van der Waals surface area contributed by atoms with Crippen LogP contribution in [0.4, 0.5) is 14.9 Å². The van der Waals surface area contributed by atoms with Crippen LogP contribution in [-0.4, -0.2) is 35.2 Å². The van der Waals surface area contributed by atoms with Crippen LogP contribution in [0.5, 0.6) is 0 Å². The van der Waals surface area contributed by atoms with Crippen molar-refractivity contribution >= 4 is 11.7 Å². The van der Waals surface area contributed by atoms with Crippen molar-refractivity contribution in [1.82, 2.24) is 4.90 Å². The van der Waals surface area contributed by atoms with Crippen molar-refractivity contribution in [2.24, 2.45) is 0 Å². The molecular weight excluding hydrogens is 237 g/mol. The molecule has 1 fully saturated rings. The van der Waals surface area contributed by atoms with Crippen LogP contribution in [0.1, 0.15) is 12.0 Å². The summed E-state index contributed by atoms with van der Waals surface area (Å²) in [4.78, 5) is 13.3. The smallest absolute Gasteiger partial charge is 0.321 e. The van der Waals surface area contributed by atoms with Gasteiger partial charge in [-0.15, -0.1) is 0 Å². The van der Waals surface area contributed by atoms with Gasteiger partial charge in [-0.1, -0.05) is 0 Å². The summed E-state index contributed by atoms with van der Waals surface area (Å²) in [5.74, 6) is -0.527. The fourth-order valence-corrected chi connectivity index (χ4v) is 1.84. The Balaban J connectivity index is 2.10. The van der Waals surface area contributed by atoms with Crippen molar-refractivity contribution in [2.45, 2.75) is 12.5 Å². The highest BCUT2D eigenvalue weighted by Crippen LogP contribution is 2.18. The number of nitrogens with one attached hydrogen (secondary N) is 1. The largest absolute Gasteiger partial charge is 0.391 e. The van der Waals surface area contributed by atoms with Crippen molar-refractivity contribution < 1.29 is 14.3 Å². The van der Waals surface area contributed by atoms with Crippen LogP contribution in [0.15, 0.2) is 18.2 Å². The van der Waals surface area contributed by atoms with E-state index in [2.05, 4.69) is 5.32 Å². The van der Waals surface area contributed by atoms with Crippen molar-refractivity contribution in [2.75, 3.05) is 18.4 Å². The van der Waals surface area contributed by atoms with Crippen molar-refractivity contribution in [3.63, 3.8) is 0 Å². The first-order valence-electron chi connectivity index (χ1n) is 5.54. The molecule has 1 aromatic carbocycles. The summed E-state index contributed by atoms with van der Waals surface area (Å²) in [6, 6.07) is 5.01. The summed E-state index contributed by atoms with van der Waals surface area (Å²) < 4.78 is 12.9. The number of hydrogen-bond donors (Lipinski definition) is 2. The number of likely N-dealkylation sites (tertiary alicyclic amines) is 1. The lowest BCUT2D eigenvalue weighted by atomic mass is 10.2. The third-order valence-electron chi connectivity index (χ3n) is 2.79. The maximum atomic E-state index is 12.9. The summed E-state index contributed by atoms with van der Waals surface area (Å²) in [5.41, 5.74) is 0.341. The van der Waals surface area contributed by atoms with Gasteiger partial charge in [-0.05, 0) is 24.6 Å². The second-order valence-corrected chi connectivity index (χ2v) is 4.12. The molecule has 0 aromatic heterocycles. The Bertz CT molecular complexity index is 513. The molecule has 1 heterocycles. The molecule has 1 atom stereocenters. The quantitative estimate of drug-likeness (QED) is 0.787. The maximum absolute atomic E-state index is 12.9. The van der Waals surface area contributed by atoms with E-state index in [1.807, 2.05) is 6.07 Å². The van der Waals surface area contributed by atoms with E-state index in [4.69, 9.17) is 5.26 Å². The van der Waals surface area contributed by atoms with Gasteiger partial charge < -0.3 is 15.3 Å². The van der Waals surface area contributed by atoms with Crippen molar-refractivity contribution in [1.29, 1.82) is 5.26 Å². The van der Waals surface area contributed by atoms with Crippen LogP contribution in [0.3, 0.4) is 0 Å². The van der Waals surface area contributed by atoms with Crippen LogP contribution in [0.2, 0.25) is 0 Å².